The van der Waals surface area contributed by atoms with Gasteiger partial charge in [-0.1, -0.05) is 6.07 Å². The minimum absolute atomic E-state index is 0.0617. The van der Waals surface area contributed by atoms with E-state index in [1.54, 1.807) is 19.6 Å². The van der Waals surface area contributed by atoms with Gasteiger partial charge >= 0.3 is 0 Å². The molecule has 4 rings (SSSR count). The van der Waals surface area contributed by atoms with Gasteiger partial charge in [0.25, 0.3) is 0 Å². The Morgan fingerprint density at radius 1 is 1.17 bits per heavy atom. The zero-order chi connectivity index (χ0) is 20.8. The molecule has 4 heterocycles. The highest BCUT2D eigenvalue weighted by atomic mass is 16.5. The van der Waals surface area contributed by atoms with Crippen molar-refractivity contribution in [1.82, 2.24) is 25.2 Å². The predicted octanol–water partition coefficient (Wildman–Crippen LogP) is 1.88. The van der Waals surface area contributed by atoms with Gasteiger partial charge in [-0.2, -0.15) is 0 Å². The van der Waals surface area contributed by atoms with Crippen molar-refractivity contribution in [3.63, 3.8) is 0 Å². The molecule has 8 heteroatoms. The summed E-state index contributed by atoms with van der Waals surface area (Å²) in [6.07, 6.45) is 7.51. The lowest BCUT2D eigenvalue weighted by atomic mass is 9.93. The lowest BCUT2D eigenvalue weighted by Gasteiger charge is -2.42. The van der Waals surface area contributed by atoms with Crippen LogP contribution in [-0.2, 0) is 11.3 Å². The first-order valence-electron chi connectivity index (χ1n) is 10.8. The Hall–Kier alpha value is -2.74. The van der Waals surface area contributed by atoms with Crippen LogP contribution in [0.3, 0.4) is 0 Å². The number of rotatable bonds is 6. The molecule has 1 N–H and O–H groups in total. The molecule has 160 valence electrons. The summed E-state index contributed by atoms with van der Waals surface area (Å²) in [5, 5.41) is 3.07. The summed E-state index contributed by atoms with van der Waals surface area (Å²) in [6.45, 7) is 4.34. The van der Waals surface area contributed by atoms with Gasteiger partial charge in [0, 0.05) is 37.9 Å². The molecule has 2 aromatic rings. The first kappa shape index (κ1) is 20.5. The van der Waals surface area contributed by atoms with E-state index in [1.165, 1.54) is 0 Å². The Morgan fingerprint density at radius 2 is 2.03 bits per heavy atom. The Balaban J connectivity index is 1.27. The summed E-state index contributed by atoms with van der Waals surface area (Å²) < 4.78 is 5.22. The molecular weight excluding hydrogens is 380 g/mol. The zero-order valence-electron chi connectivity index (χ0n) is 17.5. The Bertz CT molecular complexity index is 825. The van der Waals surface area contributed by atoms with Crippen LogP contribution in [0.2, 0.25) is 0 Å². The molecular formula is C22H30N6O2. The number of amides is 1. The third-order valence-electron chi connectivity index (χ3n) is 6.14. The molecule has 0 saturated carbocycles. The number of likely N-dealkylation sites (tertiary alicyclic amines) is 1. The molecule has 2 aromatic heterocycles. The van der Waals surface area contributed by atoms with Crippen molar-refractivity contribution >= 4 is 11.7 Å². The summed E-state index contributed by atoms with van der Waals surface area (Å²) in [5.74, 6) is 1.73. The van der Waals surface area contributed by atoms with Crippen LogP contribution in [0, 0.1) is 5.92 Å². The van der Waals surface area contributed by atoms with Crippen LogP contribution in [-0.4, -0.2) is 65.1 Å². The minimum Gasteiger partial charge on any atom is -0.481 e. The van der Waals surface area contributed by atoms with Crippen molar-refractivity contribution in [3.05, 3.63) is 42.5 Å². The predicted molar refractivity (Wildman–Crippen MR) is 114 cm³/mol. The van der Waals surface area contributed by atoms with Crippen molar-refractivity contribution in [2.24, 2.45) is 5.92 Å². The number of carbonyl (C=O) groups excluding carboxylic acids is 1. The molecule has 0 aliphatic carbocycles. The molecule has 2 fully saturated rings. The van der Waals surface area contributed by atoms with E-state index in [2.05, 4.69) is 30.1 Å². The van der Waals surface area contributed by atoms with Crippen LogP contribution in [0.4, 0.5) is 5.82 Å². The van der Waals surface area contributed by atoms with Gasteiger partial charge in [0.1, 0.15) is 12.1 Å². The normalized spacial score (nSPS) is 20.7. The number of ether oxygens (including phenoxy) is 1. The number of hydrogen-bond acceptors (Lipinski definition) is 7. The average Bonchev–Trinajstić information content (AvgIpc) is 2.83. The van der Waals surface area contributed by atoms with Gasteiger partial charge in [0.2, 0.25) is 11.8 Å². The highest BCUT2D eigenvalue weighted by molar-refractivity contribution is 5.78. The molecule has 0 aromatic carbocycles. The summed E-state index contributed by atoms with van der Waals surface area (Å²) in [7, 11) is 1.62. The number of carbonyl (C=O) groups is 1. The van der Waals surface area contributed by atoms with E-state index in [9.17, 15) is 4.79 Å². The van der Waals surface area contributed by atoms with Crippen molar-refractivity contribution in [2.45, 2.75) is 38.3 Å². The fourth-order valence-electron chi connectivity index (χ4n) is 4.45. The van der Waals surface area contributed by atoms with Crippen molar-refractivity contribution < 1.29 is 9.53 Å². The lowest BCUT2D eigenvalue weighted by molar-refractivity contribution is -0.127. The number of anilines is 1. The maximum atomic E-state index is 12.7. The third-order valence-corrected chi connectivity index (χ3v) is 6.14. The van der Waals surface area contributed by atoms with Crippen LogP contribution in [0.25, 0.3) is 0 Å². The van der Waals surface area contributed by atoms with E-state index in [-0.39, 0.29) is 11.8 Å². The number of nitrogens with one attached hydrogen (secondary N) is 1. The second-order valence-corrected chi connectivity index (χ2v) is 8.01. The fraction of sp³-hybridized carbons (Fsp3) is 0.545. The zero-order valence-corrected chi connectivity index (χ0v) is 17.5. The summed E-state index contributed by atoms with van der Waals surface area (Å²) in [6, 6.07) is 8.19. The van der Waals surface area contributed by atoms with Crippen molar-refractivity contribution in [2.75, 3.05) is 38.2 Å². The second-order valence-electron chi connectivity index (χ2n) is 8.01. The Labute approximate surface area is 177 Å². The summed E-state index contributed by atoms with van der Waals surface area (Å²) in [5.41, 5.74) is 0.896. The highest BCUT2D eigenvalue weighted by Crippen LogP contribution is 2.26. The van der Waals surface area contributed by atoms with Gasteiger partial charge < -0.3 is 15.0 Å². The number of nitrogens with zero attached hydrogens (tertiary/aromatic N) is 5. The van der Waals surface area contributed by atoms with Crippen LogP contribution < -0.4 is 15.0 Å². The van der Waals surface area contributed by atoms with Gasteiger partial charge in [-0.05, 0) is 44.4 Å². The molecule has 1 atom stereocenters. The molecule has 2 aliphatic heterocycles. The standard InChI is InChI=1S/C22H30N6O2/c1-30-21-13-20(25-16-26-21)27-11-7-19(8-12-27)28-10-4-5-17(15-28)22(29)24-14-18-6-2-3-9-23-18/h2-3,6,9,13,16-17,19H,4-5,7-8,10-12,14-15H2,1H3,(H,24,29)/t17-/m1/s1. The van der Waals surface area contributed by atoms with Crippen LogP contribution in [0.1, 0.15) is 31.4 Å². The molecule has 0 bridgehead atoms. The maximum absolute atomic E-state index is 12.7. The number of hydrogen-bond donors (Lipinski definition) is 1. The average molecular weight is 411 g/mol. The number of methoxy groups -OCH3 is 1. The van der Waals surface area contributed by atoms with Gasteiger partial charge in [-0.25, -0.2) is 9.97 Å². The molecule has 1 amide bonds. The number of aromatic nitrogens is 3. The van der Waals surface area contributed by atoms with E-state index in [1.807, 2.05) is 24.3 Å². The van der Waals surface area contributed by atoms with Gasteiger partial charge in [-0.15, -0.1) is 0 Å². The van der Waals surface area contributed by atoms with E-state index < -0.39 is 0 Å². The third kappa shape index (κ3) is 5.05. The number of pyridine rings is 1. The van der Waals surface area contributed by atoms with Crippen LogP contribution in [0.15, 0.2) is 36.8 Å². The molecule has 30 heavy (non-hydrogen) atoms. The SMILES string of the molecule is COc1cc(N2CCC(N3CCC[C@@H](C(=O)NCc4ccccn4)C3)CC2)ncn1. The molecule has 2 aliphatic rings. The largest absolute Gasteiger partial charge is 0.481 e. The highest BCUT2D eigenvalue weighted by Gasteiger charge is 2.32. The van der Waals surface area contributed by atoms with E-state index >= 15 is 0 Å². The fourth-order valence-corrected chi connectivity index (χ4v) is 4.45. The quantitative estimate of drug-likeness (QED) is 0.778. The van der Waals surface area contributed by atoms with Gasteiger partial charge in [0.15, 0.2) is 0 Å². The van der Waals surface area contributed by atoms with Gasteiger partial charge in [0.05, 0.1) is 25.3 Å². The second kappa shape index (κ2) is 9.84. The van der Waals surface area contributed by atoms with Crippen LogP contribution in [0.5, 0.6) is 5.88 Å². The van der Waals surface area contributed by atoms with Gasteiger partial charge in [-0.3, -0.25) is 14.7 Å². The maximum Gasteiger partial charge on any atom is 0.224 e. The minimum atomic E-state index is 0.0617. The Kier molecular flexibility index (Phi) is 6.74. The molecule has 0 unspecified atom stereocenters. The molecule has 8 nitrogen and oxygen atoms in total. The lowest BCUT2D eigenvalue weighted by Crippen LogP contribution is -2.50. The van der Waals surface area contributed by atoms with Crippen molar-refractivity contribution in [3.8, 4) is 5.88 Å². The first-order valence-corrected chi connectivity index (χ1v) is 10.8. The summed E-state index contributed by atoms with van der Waals surface area (Å²) in [4.78, 5) is 30.3. The topological polar surface area (TPSA) is 83.5 Å². The monoisotopic (exact) mass is 410 g/mol. The van der Waals surface area contributed by atoms with E-state index in [0.717, 1.165) is 63.4 Å². The molecule has 0 radical (unpaired) electrons. The summed E-state index contributed by atoms with van der Waals surface area (Å²) >= 11 is 0. The van der Waals surface area contributed by atoms with Crippen LogP contribution >= 0.6 is 0 Å². The number of piperidine rings is 2. The Morgan fingerprint density at radius 3 is 2.80 bits per heavy atom. The first-order chi connectivity index (χ1) is 14.7. The smallest absolute Gasteiger partial charge is 0.224 e. The van der Waals surface area contributed by atoms with E-state index in [4.69, 9.17) is 4.74 Å². The molecule has 2 saturated heterocycles. The van der Waals surface area contributed by atoms with E-state index in [0.29, 0.717) is 18.5 Å². The molecule has 0 spiro atoms. The van der Waals surface area contributed by atoms with Crippen molar-refractivity contribution in [1.29, 1.82) is 0 Å².